The second-order valence-corrected chi connectivity index (χ2v) is 7.55. The van der Waals surface area contributed by atoms with Crippen molar-refractivity contribution in [3.63, 3.8) is 0 Å². The number of alkyl halides is 3. The molecule has 0 bridgehead atoms. The summed E-state index contributed by atoms with van der Waals surface area (Å²) in [5, 5.41) is 0. The van der Waals surface area contributed by atoms with Crippen LogP contribution in [0.4, 0.5) is 30.6 Å². The van der Waals surface area contributed by atoms with Crippen LogP contribution in [0.1, 0.15) is 18.4 Å². The monoisotopic (exact) mass is 392 g/mol. The zero-order chi connectivity index (χ0) is 19.9. The highest BCUT2D eigenvalue weighted by molar-refractivity contribution is 5.53. The van der Waals surface area contributed by atoms with Crippen LogP contribution in [0.5, 0.6) is 0 Å². The standard InChI is InChI=1S/C19H23F3N6/c1-26(2)16-10-17(25-12-24-16)28-9-6-13-5-8-27(11-15(13)28)18-14(19(20,21)22)4-3-7-23-18/h3-4,7,10,12-13,15H,5-6,8-9,11H2,1-2H3. The molecule has 0 aliphatic carbocycles. The van der Waals surface area contributed by atoms with E-state index >= 15 is 0 Å². The van der Waals surface area contributed by atoms with Gasteiger partial charge in [0.1, 0.15) is 23.8 Å². The molecule has 2 unspecified atom stereocenters. The summed E-state index contributed by atoms with van der Waals surface area (Å²) in [5.74, 6) is 2.11. The third kappa shape index (κ3) is 3.45. The lowest BCUT2D eigenvalue weighted by Gasteiger charge is -2.40. The fourth-order valence-electron chi connectivity index (χ4n) is 4.23. The third-order valence-corrected chi connectivity index (χ3v) is 5.64. The van der Waals surface area contributed by atoms with Gasteiger partial charge in [0.15, 0.2) is 0 Å². The van der Waals surface area contributed by atoms with Crippen molar-refractivity contribution in [2.75, 3.05) is 48.4 Å². The summed E-state index contributed by atoms with van der Waals surface area (Å²) in [7, 11) is 3.84. The van der Waals surface area contributed by atoms with Crippen molar-refractivity contribution in [3.8, 4) is 0 Å². The van der Waals surface area contributed by atoms with Crippen LogP contribution in [0.15, 0.2) is 30.7 Å². The lowest BCUT2D eigenvalue weighted by molar-refractivity contribution is -0.137. The quantitative estimate of drug-likeness (QED) is 0.800. The van der Waals surface area contributed by atoms with E-state index in [1.54, 1.807) is 11.2 Å². The van der Waals surface area contributed by atoms with Crippen LogP contribution in [0.2, 0.25) is 0 Å². The highest BCUT2D eigenvalue weighted by atomic mass is 19.4. The molecule has 2 aliphatic rings. The van der Waals surface area contributed by atoms with E-state index in [1.807, 2.05) is 25.1 Å². The molecule has 4 heterocycles. The first-order valence-corrected chi connectivity index (χ1v) is 9.38. The maximum atomic E-state index is 13.4. The van der Waals surface area contributed by atoms with Crippen molar-refractivity contribution in [1.82, 2.24) is 15.0 Å². The zero-order valence-corrected chi connectivity index (χ0v) is 15.9. The van der Waals surface area contributed by atoms with Gasteiger partial charge in [0.2, 0.25) is 0 Å². The number of halogens is 3. The van der Waals surface area contributed by atoms with Gasteiger partial charge in [-0.15, -0.1) is 0 Å². The lowest BCUT2D eigenvalue weighted by Crippen LogP contribution is -2.49. The van der Waals surface area contributed by atoms with Gasteiger partial charge < -0.3 is 14.7 Å². The maximum Gasteiger partial charge on any atom is 0.419 e. The van der Waals surface area contributed by atoms with Gasteiger partial charge in [0, 0.05) is 46.0 Å². The summed E-state index contributed by atoms with van der Waals surface area (Å²) in [4.78, 5) is 18.7. The van der Waals surface area contributed by atoms with Crippen molar-refractivity contribution in [3.05, 3.63) is 36.3 Å². The summed E-state index contributed by atoms with van der Waals surface area (Å²) in [6.07, 6.45) is 0.424. The van der Waals surface area contributed by atoms with E-state index < -0.39 is 11.7 Å². The lowest BCUT2D eigenvalue weighted by atomic mass is 9.92. The summed E-state index contributed by atoms with van der Waals surface area (Å²) in [5.41, 5.74) is -0.671. The first kappa shape index (κ1) is 18.8. The second kappa shape index (κ2) is 7.10. The average molecular weight is 392 g/mol. The number of anilines is 3. The van der Waals surface area contributed by atoms with Gasteiger partial charge in [0.25, 0.3) is 0 Å². The van der Waals surface area contributed by atoms with E-state index in [2.05, 4.69) is 19.9 Å². The molecule has 9 heteroatoms. The number of hydrogen-bond donors (Lipinski definition) is 0. The molecule has 0 aromatic carbocycles. The molecule has 28 heavy (non-hydrogen) atoms. The molecule has 2 aromatic rings. The molecule has 6 nitrogen and oxygen atoms in total. The summed E-state index contributed by atoms with van der Waals surface area (Å²) < 4.78 is 40.3. The molecule has 2 aromatic heterocycles. The number of pyridine rings is 1. The number of nitrogens with zero attached hydrogens (tertiary/aromatic N) is 6. The Hall–Kier alpha value is -2.58. The largest absolute Gasteiger partial charge is 0.419 e. The fourth-order valence-corrected chi connectivity index (χ4v) is 4.23. The van der Waals surface area contributed by atoms with Crippen LogP contribution in [0.25, 0.3) is 0 Å². The van der Waals surface area contributed by atoms with Gasteiger partial charge in [-0.2, -0.15) is 13.2 Å². The molecule has 0 radical (unpaired) electrons. The molecule has 0 saturated carbocycles. The van der Waals surface area contributed by atoms with E-state index in [0.717, 1.165) is 37.1 Å². The Morgan fingerprint density at radius 3 is 2.64 bits per heavy atom. The number of fused-ring (bicyclic) bond motifs is 1. The zero-order valence-electron chi connectivity index (χ0n) is 15.9. The topological polar surface area (TPSA) is 48.4 Å². The van der Waals surface area contributed by atoms with Gasteiger partial charge in [-0.25, -0.2) is 15.0 Å². The van der Waals surface area contributed by atoms with Crippen LogP contribution in [-0.4, -0.2) is 54.7 Å². The molecule has 2 atom stereocenters. The Kier molecular flexibility index (Phi) is 4.76. The van der Waals surface area contributed by atoms with Crippen LogP contribution in [0, 0.1) is 5.92 Å². The minimum atomic E-state index is -4.41. The van der Waals surface area contributed by atoms with Gasteiger partial charge in [-0.05, 0) is 30.9 Å². The smallest absolute Gasteiger partial charge is 0.363 e. The fraction of sp³-hybridized carbons (Fsp3) is 0.526. The molecule has 0 N–H and O–H groups in total. The maximum absolute atomic E-state index is 13.4. The summed E-state index contributed by atoms with van der Waals surface area (Å²) >= 11 is 0. The predicted octanol–water partition coefficient (Wildman–Crippen LogP) is 3.06. The van der Waals surface area contributed by atoms with Crippen LogP contribution in [-0.2, 0) is 6.18 Å². The van der Waals surface area contributed by atoms with Gasteiger partial charge in [-0.3, -0.25) is 0 Å². The third-order valence-electron chi connectivity index (χ3n) is 5.64. The van der Waals surface area contributed by atoms with Crippen molar-refractivity contribution in [1.29, 1.82) is 0 Å². The van der Waals surface area contributed by atoms with Crippen molar-refractivity contribution in [2.45, 2.75) is 25.1 Å². The summed E-state index contributed by atoms with van der Waals surface area (Å²) in [6, 6.07) is 4.49. The van der Waals surface area contributed by atoms with Crippen molar-refractivity contribution in [2.24, 2.45) is 5.92 Å². The van der Waals surface area contributed by atoms with E-state index in [4.69, 9.17) is 0 Å². The summed E-state index contributed by atoms with van der Waals surface area (Å²) in [6.45, 7) is 1.94. The Balaban J connectivity index is 1.61. The van der Waals surface area contributed by atoms with Crippen LogP contribution in [0.3, 0.4) is 0 Å². The highest BCUT2D eigenvalue weighted by Gasteiger charge is 2.42. The van der Waals surface area contributed by atoms with Crippen molar-refractivity contribution >= 4 is 17.5 Å². The first-order valence-electron chi connectivity index (χ1n) is 9.38. The Morgan fingerprint density at radius 1 is 1.11 bits per heavy atom. The van der Waals surface area contributed by atoms with E-state index in [0.29, 0.717) is 19.0 Å². The number of aromatic nitrogens is 3. The molecule has 2 aliphatic heterocycles. The average Bonchev–Trinajstić information content (AvgIpc) is 3.10. The van der Waals surface area contributed by atoms with E-state index in [-0.39, 0.29) is 11.9 Å². The van der Waals surface area contributed by atoms with Crippen LogP contribution >= 0.6 is 0 Å². The number of rotatable bonds is 3. The van der Waals surface area contributed by atoms with Crippen LogP contribution < -0.4 is 14.7 Å². The Morgan fingerprint density at radius 2 is 1.89 bits per heavy atom. The first-order chi connectivity index (χ1) is 13.3. The Labute approximate surface area is 162 Å². The highest BCUT2D eigenvalue weighted by Crippen LogP contribution is 2.39. The van der Waals surface area contributed by atoms with Gasteiger partial charge >= 0.3 is 6.18 Å². The minimum absolute atomic E-state index is 0.0250. The minimum Gasteiger partial charge on any atom is -0.363 e. The van der Waals surface area contributed by atoms with E-state index in [9.17, 15) is 13.2 Å². The molecule has 2 fully saturated rings. The predicted molar refractivity (Wildman–Crippen MR) is 102 cm³/mol. The molecular weight excluding hydrogens is 369 g/mol. The second-order valence-electron chi connectivity index (χ2n) is 7.55. The van der Waals surface area contributed by atoms with Gasteiger partial charge in [-0.1, -0.05) is 0 Å². The Bertz CT molecular complexity index is 840. The number of piperidine rings is 1. The molecule has 150 valence electrons. The molecular formula is C19H23F3N6. The molecule has 0 amide bonds. The molecule has 4 rings (SSSR count). The van der Waals surface area contributed by atoms with Crippen molar-refractivity contribution < 1.29 is 13.2 Å². The SMILES string of the molecule is CN(C)c1cc(N2CCC3CCN(c4ncccc4C(F)(F)F)CC32)ncn1. The molecule has 0 spiro atoms. The number of hydrogen-bond acceptors (Lipinski definition) is 6. The van der Waals surface area contributed by atoms with E-state index in [1.165, 1.54) is 12.3 Å². The van der Waals surface area contributed by atoms with Gasteiger partial charge in [0.05, 0.1) is 11.6 Å². The molecule has 2 saturated heterocycles. The normalized spacial score (nSPS) is 22.3.